The topological polar surface area (TPSA) is 52.9 Å². The highest BCUT2D eigenvalue weighted by atomic mass is 32.1. The van der Waals surface area contributed by atoms with Crippen molar-refractivity contribution in [2.45, 2.75) is 6.42 Å². The zero-order chi connectivity index (χ0) is 14.2. The number of thiophene rings is 1. The van der Waals surface area contributed by atoms with Crippen LogP contribution in [-0.2, 0) is 11.2 Å². The molecule has 100 valence electrons. The Morgan fingerprint density at radius 3 is 2.70 bits per heavy atom. The maximum Gasteiger partial charge on any atom is 0.261 e. The number of benzene rings is 1. The van der Waals surface area contributed by atoms with Gasteiger partial charge in [0.15, 0.2) is 0 Å². The average Bonchev–Trinajstić information content (AvgIpc) is 2.98. The molecule has 0 bridgehead atoms. The van der Waals surface area contributed by atoms with Crippen LogP contribution < -0.4 is 5.32 Å². The Hall–Kier alpha value is -2.38. The van der Waals surface area contributed by atoms with Gasteiger partial charge in [-0.05, 0) is 29.5 Å². The van der Waals surface area contributed by atoms with Crippen molar-refractivity contribution in [1.29, 1.82) is 5.26 Å². The fourth-order valence-electron chi connectivity index (χ4n) is 1.72. The zero-order valence-electron chi connectivity index (χ0n) is 10.9. The number of hydrogen-bond donors (Lipinski definition) is 1. The van der Waals surface area contributed by atoms with Crippen molar-refractivity contribution < 1.29 is 4.79 Å². The standard InChI is InChI=1S/C16H14N2OS/c17-12-14(11-15-7-4-10-20-15)16(19)18-9-8-13-5-2-1-3-6-13/h1-7,10-11H,8-9H2,(H,18,19)/b14-11-. The fraction of sp³-hybridized carbons (Fsp3) is 0.125. The molecule has 2 rings (SSSR count). The SMILES string of the molecule is N#C/C(=C/c1cccs1)C(=O)NCCc1ccccc1. The highest BCUT2D eigenvalue weighted by molar-refractivity contribution is 7.10. The van der Waals surface area contributed by atoms with Gasteiger partial charge < -0.3 is 5.32 Å². The van der Waals surface area contributed by atoms with Crippen molar-refractivity contribution in [3.63, 3.8) is 0 Å². The molecule has 0 saturated carbocycles. The van der Waals surface area contributed by atoms with E-state index in [0.29, 0.717) is 6.54 Å². The van der Waals surface area contributed by atoms with E-state index in [4.69, 9.17) is 5.26 Å². The summed E-state index contributed by atoms with van der Waals surface area (Å²) in [5, 5.41) is 13.7. The molecule has 1 aromatic carbocycles. The van der Waals surface area contributed by atoms with Crippen molar-refractivity contribution in [1.82, 2.24) is 5.32 Å². The molecule has 0 aliphatic carbocycles. The number of carbonyl (C=O) groups is 1. The number of amides is 1. The lowest BCUT2D eigenvalue weighted by atomic mass is 10.1. The molecular formula is C16H14N2OS. The van der Waals surface area contributed by atoms with Crippen molar-refractivity contribution in [2.75, 3.05) is 6.54 Å². The Kier molecular flexibility index (Phi) is 5.10. The fourth-order valence-corrected chi connectivity index (χ4v) is 2.38. The Morgan fingerprint density at radius 2 is 2.05 bits per heavy atom. The summed E-state index contributed by atoms with van der Waals surface area (Å²) in [4.78, 5) is 12.8. The van der Waals surface area contributed by atoms with Crippen LogP contribution in [0.3, 0.4) is 0 Å². The molecule has 0 spiro atoms. The summed E-state index contributed by atoms with van der Waals surface area (Å²) in [6, 6.07) is 15.6. The first-order chi connectivity index (χ1) is 9.79. The van der Waals surface area contributed by atoms with E-state index in [0.717, 1.165) is 16.9 Å². The third-order valence-electron chi connectivity index (χ3n) is 2.74. The van der Waals surface area contributed by atoms with Gasteiger partial charge in [0.05, 0.1) is 0 Å². The molecule has 2 aromatic rings. The smallest absolute Gasteiger partial charge is 0.261 e. The summed E-state index contributed by atoms with van der Waals surface area (Å²) in [6.07, 6.45) is 2.37. The second-order valence-electron chi connectivity index (χ2n) is 4.18. The van der Waals surface area contributed by atoms with Gasteiger partial charge in [0.25, 0.3) is 5.91 Å². The Morgan fingerprint density at radius 1 is 1.25 bits per heavy atom. The summed E-state index contributed by atoms with van der Waals surface area (Å²) in [7, 11) is 0. The minimum Gasteiger partial charge on any atom is -0.351 e. The van der Waals surface area contributed by atoms with Gasteiger partial charge in [0.2, 0.25) is 0 Å². The monoisotopic (exact) mass is 282 g/mol. The lowest BCUT2D eigenvalue weighted by Gasteiger charge is -2.04. The summed E-state index contributed by atoms with van der Waals surface area (Å²) in [5.74, 6) is -0.322. The van der Waals surface area contributed by atoms with E-state index in [-0.39, 0.29) is 11.5 Å². The maximum atomic E-state index is 11.9. The van der Waals surface area contributed by atoms with Gasteiger partial charge in [-0.15, -0.1) is 11.3 Å². The van der Waals surface area contributed by atoms with Crippen LogP contribution in [0.4, 0.5) is 0 Å². The van der Waals surface area contributed by atoms with Crippen LogP contribution in [0, 0.1) is 11.3 Å². The molecule has 0 atom stereocenters. The second-order valence-corrected chi connectivity index (χ2v) is 5.16. The minimum atomic E-state index is -0.322. The van der Waals surface area contributed by atoms with Crippen LogP contribution in [0.15, 0.2) is 53.4 Å². The molecular weight excluding hydrogens is 268 g/mol. The van der Waals surface area contributed by atoms with Crippen molar-refractivity contribution in [2.24, 2.45) is 0 Å². The summed E-state index contributed by atoms with van der Waals surface area (Å²) in [6.45, 7) is 0.520. The molecule has 20 heavy (non-hydrogen) atoms. The minimum absolute atomic E-state index is 0.139. The van der Waals surface area contributed by atoms with Gasteiger partial charge >= 0.3 is 0 Å². The maximum absolute atomic E-state index is 11.9. The van der Waals surface area contributed by atoms with Gasteiger partial charge in [-0.1, -0.05) is 36.4 Å². The molecule has 0 radical (unpaired) electrons. The van der Waals surface area contributed by atoms with Gasteiger partial charge in [-0.3, -0.25) is 4.79 Å². The van der Waals surface area contributed by atoms with Crippen molar-refractivity contribution >= 4 is 23.3 Å². The number of nitrogens with one attached hydrogen (secondary N) is 1. The molecule has 0 fully saturated rings. The van der Waals surface area contributed by atoms with E-state index in [2.05, 4.69) is 5.32 Å². The summed E-state index contributed by atoms with van der Waals surface area (Å²) in [5.41, 5.74) is 1.30. The second kappa shape index (κ2) is 7.27. The lowest BCUT2D eigenvalue weighted by molar-refractivity contribution is -0.117. The van der Waals surface area contributed by atoms with Crippen molar-refractivity contribution in [3.8, 4) is 6.07 Å². The zero-order valence-corrected chi connectivity index (χ0v) is 11.7. The molecule has 4 heteroatoms. The van der Waals surface area contributed by atoms with Crippen LogP contribution in [-0.4, -0.2) is 12.5 Å². The molecule has 1 aromatic heterocycles. The van der Waals surface area contributed by atoms with Gasteiger partial charge in [0.1, 0.15) is 11.6 Å². The van der Waals surface area contributed by atoms with Gasteiger partial charge in [-0.2, -0.15) is 5.26 Å². The van der Waals surface area contributed by atoms with Crippen molar-refractivity contribution in [3.05, 3.63) is 63.9 Å². The Balaban J connectivity index is 1.89. The summed E-state index contributed by atoms with van der Waals surface area (Å²) >= 11 is 1.50. The molecule has 0 aliphatic rings. The van der Waals surface area contributed by atoms with Gasteiger partial charge in [-0.25, -0.2) is 0 Å². The quantitative estimate of drug-likeness (QED) is 0.677. The Labute approximate surface area is 122 Å². The Bertz CT molecular complexity index is 624. The molecule has 1 N–H and O–H groups in total. The third kappa shape index (κ3) is 4.08. The van der Waals surface area contributed by atoms with Crippen LogP contribution >= 0.6 is 11.3 Å². The molecule has 1 heterocycles. The first-order valence-electron chi connectivity index (χ1n) is 6.27. The van der Waals surface area contributed by atoms with E-state index < -0.39 is 0 Å². The number of carbonyl (C=O) groups excluding carboxylic acids is 1. The van der Waals surface area contributed by atoms with E-state index in [9.17, 15) is 4.79 Å². The largest absolute Gasteiger partial charge is 0.351 e. The van der Waals surface area contributed by atoms with Crippen LogP contribution in [0.25, 0.3) is 6.08 Å². The van der Waals surface area contributed by atoms with E-state index >= 15 is 0 Å². The number of rotatable bonds is 5. The molecule has 1 amide bonds. The molecule has 3 nitrogen and oxygen atoms in total. The number of nitrogens with zero attached hydrogens (tertiary/aromatic N) is 1. The molecule has 0 unspecified atom stereocenters. The van der Waals surface area contributed by atoms with Gasteiger partial charge in [0, 0.05) is 11.4 Å². The first-order valence-corrected chi connectivity index (χ1v) is 7.15. The predicted molar refractivity (Wildman–Crippen MR) is 81.1 cm³/mol. The summed E-state index contributed by atoms with van der Waals surface area (Å²) < 4.78 is 0. The van der Waals surface area contributed by atoms with E-state index in [1.54, 1.807) is 6.08 Å². The lowest BCUT2D eigenvalue weighted by Crippen LogP contribution is -2.26. The van der Waals surface area contributed by atoms with E-state index in [1.165, 1.54) is 11.3 Å². The molecule has 0 saturated heterocycles. The first kappa shape index (κ1) is 14.0. The van der Waals surface area contributed by atoms with Crippen LogP contribution in [0.2, 0.25) is 0 Å². The number of nitriles is 1. The average molecular weight is 282 g/mol. The molecule has 0 aliphatic heterocycles. The predicted octanol–water partition coefficient (Wildman–Crippen LogP) is 3.01. The highest BCUT2D eigenvalue weighted by Crippen LogP contribution is 2.13. The number of hydrogen-bond acceptors (Lipinski definition) is 3. The van der Waals surface area contributed by atoms with E-state index in [1.807, 2.05) is 53.9 Å². The highest BCUT2D eigenvalue weighted by Gasteiger charge is 2.08. The third-order valence-corrected chi connectivity index (χ3v) is 3.56. The van der Waals surface area contributed by atoms with Crippen LogP contribution in [0.5, 0.6) is 0 Å². The van der Waals surface area contributed by atoms with Crippen LogP contribution in [0.1, 0.15) is 10.4 Å². The normalized spacial score (nSPS) is 10.8.